The predicted octanol–water partition coefficient (Wildman–Crippen LogP) is 1.32. The second-order valence-corrected chi connectivity index (χ2v) is 7.18. The van der Waals surface area contributed by atoms with Crippen LogP contribution >= 0.6 is 12.4 Å². The van der Waals surface area contributed by atoms with Crippen molar-refractivity contribution in [1.82, 2.24) is 15.5 Å². The van der Waals surface area contributed by atoms with Crippen molar-refractivity contribution in [3.63, 3.8) is 0 Å². The number of likely N-dealkylation sites (tertiary alicyclic amines) is 1. The number of carbonyl (C=O) groups excluding carboxylic acids is 2. The number of nitrogens with two attached hydrogens (primary N) is 1. The van der Waals surface area contributed by atoms with Crippen LogP contribution in [0.2, 0.25) is 0 Å². The molecule has 3 rings (SSSR count). The van der Waals surface area contributed by atoms with E-state index in [1.807, 2.05) is 0 Å². The first kappa shape index (κ1) is 21.9. The molecule has 0 spiro atoms. The van der Waals surface area contributed by atoms with Gasteiger partial charge in [-0.25, -0.2) is 0 Å². The number of nitro benzene ring substituents is 1. The topological polar surface area (TPSA) is 131 Å². The third-order valence-electron chi connectivity index (χ3n) is 5.22. The first-order valence-electron chi connectivity index (χ1n) is 9.30. The molecule has 1 aromatic rings. The van der Waals surface area contributed by atoms with Crippen molar-refractivity contribution < 1.29 is 14.5 Å². The van der Waals surface area contributed by atoms with Crippen molar-refractivity contribution in [1.29, 1.82) is 0 Å². The summed E-state index contributed by atoms with van der Waals surface area (Å²) in [6.07, 6.45) is 3.64. The fourth-order valence-electron chi connectivity index (χ4n) is 3.71. The van der Waals surface area contributed by atoms with Crippen LogP contribution in [0.3, 0.4) is 0 Å². The zero-order valence-corrected chi connectivity index (χ0v) is 16.4. The maximum Gasteiger partial charge on any atom is 0.292 e. The lowest BCUT2D eigenvalue weighted by atomic mass is 9.97. The Balaban J connectivity index is 0.00000280. The monoisotopic (exact) mass is 411 g/mol. The van der Waals surface area contributed by atoms with E-state index in [-0.39, 0.29) is 53.1 Å². The summed E-state index contributed by atoms with van der Waals surface area (Å²) >= 11 is 0. The molecule has 0 bridgehead atoms. The van der Waals surface area contributed by atoms with Gasteiger partial charge in [0.2, 0.25) is 5.91 Å². The molecule has 28 heavy (non-hydrogen) atoms. The first-order chi connectivity index (χ1) is 13.0. The molecule has 9 nitrogen and oxygen atoms in total. The molecule has 154 valence electrons. The lowest BCUT2D eigenvalue weighted by Crippen LogP contribution is -2.46. The highest BCUT2D eigenvalue weighted by atomic mass is 35.5. The molecule has 2 amide bonds. The van der Waals surface area contributed by atoms with Crippen LogP contribution in [0.1, 0.15) is 36.0 Å². The van der Waals surface area contributed by atoms with Gasteiger partial charge in [0.25, 0.3) is 11.6 Å². The number of carbonyl (C=O) groups is 2. The summed E-state index contributed by atoms with van der Waals surface area (Å²) < 4.78 is 0. The molecule has 0 radical (unpaired) electrons. The quantitative estimate of drug-likeness (QED) is 0.380. The van der Waals surface area contributed by atoms with E-state index < -0.39 is 4.92 Å². The van der Waals surface area contributed by atoms with E-state index in [1.54, 1.807) is 4.90 Å². The molecule has 2 aliphatic heterocycles. The van der Waals surface area contributed by atoms with Crippen LogP contribution in [0.25, 0.3) is 0 Å². The number of anilines is 1. The lowest BCUT2D eigenvalue weighted by molar-refractivity contribution is -0.383. The molecule has 4 N–H and O–H groups in total. The second kappa shape index (κ2) is 9.70. The lowest BCUT2D eigenvalue weighted by Gasteiger charge is -2.33. The van der Waals surface area contributed by atoms with Crippen molar-refractivity contribution in [2.75, 3.05) is 31.9 Å². The van der Waals surface area contributed by atoms with Crippen molar-refractivity contribution in [2.45, 2.75) is 31.7 Å². The number of nitrogens with zero attached hydrogens (tertiary/aromatic N) is 2. The third kappa shape index (κ3) is 5.11. The molecule has 2 heterocycles. The van der Waals surface area contributed by atoms with E-state index in [4.69, 9.17) is 5.73 Å². The average Bonchev–Trinajstić information content (AvgIpc) is 3.21. The number of benzene rings is 1. The number of hydrogen-bond donors (Lipinski definition) is 3. The number of nitrogen functional groups attached to an aromatic ring is 1. The number of piperidine rings is 1. The van der Waals surface area contributed by atoms with Crippen LogP contribution in [0, 0.1) is 16.0 Å². The molecule has 2 atom stereocenters. The third-order valence-corrected chi connectivity index (χ3v) is 5.22. The highest BCUT2D eigenvalue weighted by Crippen LogP contribution is 2.24. The van der Waals surface area contributed by atoms with Gasteiger partial charge >= 0.3 is 0 Å². The van der Waals surface area contributed by atoms with E-state index >= 15 is 0 Å². The molecule has 2 unspecified atom stereocenters. The van der Waals surface area contributed by atoms with Crippen LogP contribution in [-0.2, 0) is 4.79 Å². The van der Waals surface area contributed by atoms with Gasteiger partial charge in [-0.2, -0.15) is 0 Å². The summed E-state index contributed by atoms with van der Waals surface area (Å²) in [4.78, 5) is 37.0. The van der Waals surface area contributed by atoms with Gasteiger partial charge in [0.05, 0.1) is 11.0 Å². The Kier molecular flexibility index (Phi) is 7.59. The minimum absolute atomic E-state index is 0. The van der Waals surface area contributed by atoms with Gasteiger partial charge in [0.15, 0.2) is 0 Å². The van der Waals surface area contributed by atoms with Gasteiger partial charge in [-0.05, 0) is 50.3 Å². The normalized spacial score (nSPS) is 21.6. The van der Waals surface area contributed by atoms with E-state index in [1.165, 1.54) is 18.2 Å². The number of amides is 2. The minimum atomic E-state index is -0.586. The van der Waals surface area contributed by atoms with Crippen molar-refractivity contribution in [3.8, 4) is 0 Å². The Morgan fingerprint density at radius 1 is 1.32 bits per heavy atom. The Labute approximate surface area is 169 Å². The molecular formula is C18H26ClN5O4. The van der Waals surface area contributed by atoms with E-state index in [9.17, 15) is 19.7 Å². The van der Waals surface area contributed by atoms with Crippen LogP contribution in [0.5, 0.6) is 0 Å². The Morgan fingerprint density at radius 3 is 2.79 bits per heavy atom. The Morgan fingerprint density at radius 2 is 2.11 bits per heavy atom. The molecule has 10 heteroatoms. The number of rotatable bonds is 5. The van der Waals surface area contributed by atoms with Crippen molar-refractivity contribution in [2.24, 2.45) is 5.92 Å². The van der Waals surface area contributed by atoms with Crippen LogP contribution in [-0.4, -0.2) is 53.9 Å². The molecule has 1 aromatic carbocycles. The van der Waals surface area contributed by atoms with Crippen molar-refractivity contribution >= 4 is 35.6 Å². The fourth-order valence-corrected chi connectivity index (χ4v) is 3.71. The largest absolute Gasteiger partial charge is 0.393 e. The molecule has 2 fully saturated rings. The summed E-state index contributed by atoms with van der Waals surface area (Å²) in [5, 5.41) is 17.2. The fraction of sp³-hybridized carbons (Fsp3) is 0.556. The maximum atomic E-state index is 12.7. The first-order valence-corrected chi connectivity index (χ1v) is 9.30. The summed E-state index contributed by atoms with van der Waals surface area (Å²) in [5.41, 5.74) is 5.64. The van der Waals surface area contributed by atoms with Crippen LogP contribution < -0.4 is 16.4 Å². The summed E-state index contributed by atoms with van der Waals surface area (Å²) in [5.74, 6) is -0.0477. The standard InChI is InChI=1S/C18H25N5O4.ClH/c19-14-6-5-13(9-16(14)23(26)27)18(25)22-8-2-3-12(11-22)10-21-17(24)15-4-1-7-20-15;/h5-6,9,12,15,20H,1-4,7-8,10-11,19H2,(H,21,24);1H. The van der Waals surface area contributed by atoms with Gasteiger partial charge in [0.1, 0.15) is 5.69 Å². The summed E-state index contributed by atoms with van der Waals surface area (Å²) in [6, 6.07) is 4.03. The van der Waals surface area contributed by atoms with Crippen LogP contribution in [0.4, 0.5) is 11.4 Å². The summed E-state index contributed by atoms with van der Waals surface area (Å²) in [6.45, 7) is 2.53. The number of nitro groups is 1. The molecule has 0 aromatic heterocycles. The van der Waals surface area contributed by atoms with Gasteiger partial charge in [0, 0.05) is 31.3 Å². The predicted molar refractivity (Wildman–Crippen MR) is 107 cm³/mol. The molecular weight excluding hydrogens is 386 g/mol. The Hall–Kier alpha value is -2.39. The van der Waals surface area contributed by atoms with E-state index in [0.29, 0.717) is 19.6 Å². The molecule has 0 saturated carbocycles. The van der Waals surface area contributed by atoms with E-state index in [0.717, 1.165) is 32.2 Å². The smallest absolute Gasteiger partial charge is 0.292 e. The number of hydrogen-bond acceptors (Lipinski definition) is 6. The number of nitrogens with one attached hydrogen (secondary N) is 2. The average molecular weight is 412 g/mol. The van der Waals surface area contributed by atoms with Gasteiger partial charge in [-0.1, -0.05) is 0 Å². The van der Waals surface area contributed by atoms with Crippen LogP contribution in [0.15, 0.2) is 18.2 Å². The SMILES string of the molecule is Cl.Nc1ccc(C(=O)N2CCCC(CNC(=O)C3CCCN3)C2)cc1[N+](=O)[O-]. The van der Waals surface area contributed by atoms with Gasteiger partial charge in [-0.15, -0.1) is 12.4 Å². The molecule has 2 saturated heterocycles. The van der Waals surface area contributed by atoms with E-state index in [2.05, 4.69) is 10.6 Å². The second-order valence-electron chi connectivity index (χ2n) is 7.18. The van der Waals surface area contributed by atoms with Gasteiger partial charge < -0.3 is 21.3 Å². The van der Waals surface area contributed by atoms with Gasteiger partial charge in [-0.3, -0.25) is 19.7 Å². The maximum absolute atomic E-state index is 12.7. The summed E-state index contributed by atoms with van der Waals surface area (Å²) in [7, 11) is 0. The molecule has 2 aliphatic rings. The van der Waals surface area contributed by atoms with Crippen molar-refractivity contribution in [3.05, 3.63) is 33.9 Å². The highest BCUT2D eigenvalue weighted by molar-refractivity contribution is 5.95. The zero-order chi connectivity index (χ0) is 19.4. The minimum Gasteiger partial charge on any atom is -0.393 e. The zero-order valence-electron chi connectivity index (χ0n) is 15.6. The Bertz CT molecular complexity index is 739. The highest BCUT2D eigenvalue weighted by Gasteiger charge is 2.27. The number of halogens is 1. The molecule has 0 aliphatic carbocycles.